The summed E-state index contributed by atoms with van der Waals surface area (Å²) in [7, 11) is 2.15. The lowest BCUT2D eigenvalue weighted by atomic mass is 9.81. The standard InChI is InChI=1S/C17H19F2INO2/c1-21(9-8-12-4-2-3-5-13(12)10-21)11-14-6-7-15(23-14)16(22)17(18,19)20/h2-7,12-13H,8-11H2,1H3/q+1. The Bertz CT molecular complexity index is 662. The van der Waals surface area contributed by atoms with Gasteiger partial charge in [-0.25, -0.2) is 0 Å². The van der Waals surface area contributed by atoms with E-state index in [0.717, 1.165) is 46.6 Å². The van der Waals surface area contributed by atoms with E-state index >= 15 is 0 Å². The molecule has 0 amide bonds. The summed E-state index contributed by atoms with van der Waals surface area (Å²) in [6.45, 7) is 2.60. The van der Waals surface area contributed by atoms with Crippen LogP contribution in [0.2, 0.25) is 0 Å². The van der Waals surface area contributed by atoms with Crippen molar-refractivity contribution in [1.82, 2.24) is 0 Å². The highest BCUT2D eigenvalue weighted by Gasteiger charge is 2.39. The van der Waals surface area contributed by atoms with E-state index in [1.165, 1.54) is 6.07 Å². The number of quaternary nitrogens is 1. The van der Waals surface area contributed by atoms with E-state index in [2.05, 4.69) is 31.4 Å². The number of carbonyl (C=O) groups excluding carboxylic acids is 1. The number of Topliss-reactive ketones (excluding diaryl/α,β-unsaturated/α-hetero) is 1. The first-order chi connectivity index (χ1) is 10.8. The summed E-state index contributed by atoms with van der Waals surface area (Å²) in [5, 5.41) is 0. The first kappa shape index (κ1) is 16.8. The molecule has 2 heterocycles. The van der Waals surface area contributed by atoms with Crippen LogP contribution in [0.4, 0.5) is 8.78 Å². The second-order valence-corrected chi connectivity index (χ2v) is 8.02. The van der Waals surface area contributed by atoms with Gasteiger partial charge in [-0.1, -0.05) is 24.3 Å². The Morgan fingerprint density at radius 1 is 1.35 bits per heavy atom. The number of fused-ring (bicyclic) bond motifs is 1. The van der Waals surface area contributed by atoms with Crippen molar-refractivity contribution in [3.63, 3.8) is 0 Å². The van der Waals surface area contributed by atoms with Crippen molar-refractivity contribution in [1.29, 1.82) is 0 Å². The van der Waals surface area contributed by atoms with Gasteiger partial charge >= 0.3 is 3.93 Å². The predicted molar refractivity (Wildman–Crippen MR) is 91.5 cm³/mol. The van der Waals surface area contributed by atoms with Gasteiger partial charge in [0.25, 0.3) is 5.78 Å². The molecule has 124 valence electrons. The van der Waals surface area contributed by atoms with Crippen LogP contribution in [-0.2, 0) is 6.54 Å². The number of piperidine rings is 1. The number of hydrogen-bond acceptors (Lipinski definition) is 2. The highest BCUT2D eigenvalue weighted by atomic mass is 127. The fourth-order valence-corrected chi connectivity index (χ4v) is 3.78. The predicted octanol–water partition coefficient (Wildman–Crippen LogP) is 4.20. The number of nitrogens with zero attached hydrogens (tertiary/aromatic N) is 1. The highest BCUT2D eigenvalue weighted by Crippen LogP contribution is 2.33. The van der Waals surface area contributed by atoms with E-state index in [9.17, 15) is 13.6 Å². The Labute approximate surface area is 147 Å². The summed E-state index contributed by atoms with van der Waals surface area (Å²) in [5.41, 5.74) is 0. The number of alkyl halides is 3. The fraction of sp³-hybridized carbons (Fsp3) is 0.471. The van der Waals surface area contributed by atoms with Crippen molar-refractivity contribution in [2.24, 2.45) is 11.8 Å². The maximum Gasteiger partial charge on any atom is 0.361 e. The molecule has 2 aliphatic rings. The molecule has 1 saturated heterocycles. The van der Waals surface area contributed by atoms with E-state index in [-0.39, 0.29) is 5.76 Å². The van der Waals surface area contributed by atoms with Crippen molar-refractivity contribution < 1.29 is 22.5 Å². The molecule has 0 bridgehead atoms. The van der Waals surface area contributed by atoms with Gasteiger partial charge in [-0.15, -0.1) is 0 Å². The van der Waals surface area contributed by atoms with Gasteiger partial charge in [-0.2, -0.15) is 8.78 Å². The maximum absolute atomic E-state index is 13.1. The number of hydrogen-bond donors (Lipinski definition) is 0. The van der Waals surface area contributed by atoms with E-state index in [0.29, 0.717) is 24.1 Å². The molecule has 3 unspecified atom stereocenters. The Balaban J connectivity index is 1.70. The third kappa shape index (κ3) is 3.74. The first-order valence-corrected chi connectivity index (χ1v) is 8.73. The van der Waals surface area contributed by atoms with Crippen molar-refractivity contribution >= 4 is 28.4 Å². The lowest BCUT2D eigenvalue weighted by Gasteiger charge is -2.43. The lowest BCUT2D eigenvalue weighted by molar-refractivity contribution is -0.931. The summed E-state index contributed by atoms with van der Waals surface area (Å²) in [4.78, 5) is 11.6. The molecule has 3 rings (SSSR count). The van der Waals surface area contributed by atoms with Crippen LogP contribution >= 0.6 is 22.6 Å². The van der Waals surface area contributed by atoms with E-state index in [4.69, 9.17) is 4.42 Å². The minimum atomic E-state index is -3.43. The van der Waals surface area contributed by atoms with E-state index < -0.39 is 9.71 Å². The van der Waals surface area contributed by atoms with Gasteiger partial charge in [-0.3, -0.25) is 4.79 Å². The monoisotopic (exact) mass is 434 g/mol. The molecular weight excluding hydrogens is 415 g/mol. The number of carbonyl (C=O) groups is 1. The van der Waals surface area contributed by atoms with E-state index in [1.807, 2.05) is 0 Å². The van der Waals surface area contributed by atoms with Crippen molar-refractivity contribution in [3.8, 4) is 0 Å². The Morgan fingerprint density at radius 3 is 2.74 bits per heavy atom. The van der Waals surface area contributed by atoms with Crippen molar-refractivity contribution in [3.05, 3.63) is 48.0 Å². The quantitative estimate of drug-likeness (QED) is 0.308. The first-order valence-electron chi connectivity index (χ1n) is 7.66. The number of allylic oxidation sites excluding steroid dienone is 3. The topological polar surface area (TPSA) is 30.2 Å². The average molecular weight is 434 g/mol. The smallest absolute Gasteiger partial charge is 0.361 e. The van der Waals surface area contributed by atoms with Gasteiger partial charge in [0.1, 0.15) is 6.54 Å². The Hall–Kier alpha value is -1.02. The molecule has 1 aromatic heterocycles. The molecule has 23 heavy (non-hydrogen) atoms. The van der Waals surface area contributed by atoms with E-state index in [1.54, 1.807) is 6.07 Å². The summed E-state index contributed by atoms with van der Waals surface area (Å²) in [5.74, 6) is 0.156. The molecule has 0 saturated carbocycles. The average Bonchev–Trinajstić information content (AvgIpc) is 2.93. The highest BCUT2D eigenvalue weighted by molar-refractivity contribution is 14.1. The molecule has 0 radical (unpaired) electrons. The van der Waals surface area contributed by atoms with Crippen LogP contribution < -0.4 is 0 Å². The zero-order valence-electron chi connectivity index (χ0n) is 12.8. The molecule has 1 aromatic rings. The second kappa shape index (κ2) is 6.12. The second-order valence-electron chi connectivity index (χ2n) is 6.66. The zero-order chi connectivity index (χ0) is 16.7. The van der Waals surface area contributed by atoms with Crippen LogP contribution in [0.5, 0.6) is 0 Å². The van der Waals surface area contributed by atoms with Gasteiger partial charge in [-0.05, 0) is 18.1 Å². The minimum Gasteiger partial charge on any atom is -0.452 e. The fourth-order valence-electron chi connectivity index (χ4n) is 3.51. The third-order valence-electron chi connectivity index (χ3n) is 4.71. The van der Waals surface area contributed by atoms with Crippen molar-refractivity contribution in [2.75, 3.05) is 20.1 Å². The molecule has 3 atom stereocenters. The molecule has 0 spiro atoms. The molecule has 3 nitrogen and oxygen atoms in total. The Kier molecular flexibility index (Phi) is 4.48. The number of furan rings is 1. The minimum absolute atomic E-state index is 0.263. The normalized spacial score (nSPS) is 30.3. The molecule has 1 aliphatic heterocycles. The van der Waals surface area contributed by atoms with Gasteiger partial charge in [0.05, 0.1) is 20.1 Å². The van der Waals surface area contributed by atoms with Crippen LogP contribution in [-0.4, -0.2) is 34.3 Å². The van der Waals surface area contributed by atoms with Gasteiger partial charge in [0.2, 0.25) is 0 Å². The van der Waals surface area contributed by atoms with Gasteiger partial charge in [0, 0.05) is 34.9 Å². The van der Waals surface area contributed by atoms with Crippen LogP contribution in [0, 0.1) is 11.8 Å². The molecule has 6 heteroatoms. The van der Waals surface area contributed by atoms with Crippen LogP contribution in [0.25, 0.3) is 0 Å². The SMILES string of the molecule is C[N+]1(Cc2ccc(C(=O)C(F)(F)I)o2)CCC2C=CC=CC2C1. The third-order valence-corrected chi connectivity index (χ3v) is 5.20. The van der Waals surface area contributed by atoms with Crippen LogP contribution in [0.1, 0.15) is 22.7 Å². The van der Waals surface area contributed by atoms with Gasteiger partial charge in [0.15, 0.2) is 11.5 Å². The molecule has 1 fully saturated rings. The molecule has 0 aromatic carbocycles. The molecule has 0 N–H and O–H groups in total. The van der Waals surface area contributed by atoms with Gasteiger partial charge < -0.3 is 8.90 Å². The van der Waals surface area contributed by atoms with Crippen LogP contribution in [0.3, 0.4) is 0 Å². The summed E-state index contributed by atoms with van der Waals surface area (Å²) in [6, 6.07) is 2.99. The number of halogens is 3. The zero-order valence-corrected chi connectivity index (χ0v) is 15.0. The molecular formula is C17H19F2INO2+. The van der Waals surface area contributed by atoms with Crippen LogP contribution in [0.15, 0.2) is 40.9 Å². The number of likely N-dealkylation sites (tertiary alicyclic amines) is 1. The van der Waals surface area contributed by atoms with Crippen molar-refractivity contribution in [2.45, 2.75) is 16.9 Å². The summed E-state index contributed by atoms with van der Waals surface area (Å²) >= 11 is 0.833. The Morgan fingerprint density at radius 2 is 2.04 bits per heavy atom. The largest absolute Gasteiger partial charge is 0.452 e. The molecule has 1 aliphatic carbocycles. The number of ketones is 1. The lowest BCUT2D eigenvalue weighted by Crippen LogP contribution is -2.52. The number of rotatable bonds is 4. The summed E-state index contributed by atoms with van der Waals surface area (Å²) < 4.78 is 28.9. The maximum atomic E-state index is 13.1. The summed E-state index contributed by atoms with van der Waals surface area (Å²) in [6.07, 6.45) is 9.79.